The number of nitrogens with two attached hydrogens (primary N) is 1. The third-order valence-corrected chi connectivity index (χ3v) is 2.59. The van der Waals surface area contributed by atoms with Crippen molar-refractivity contribution in [2.75, 3.05) is 31.0 Å². The first-order valence-corrected chi connectivity index (χ1v) is 5.72. The van der Waals surface area contributed by atoms with E-state index in [0.29, 0.717) is 24.5 Å². The van der Waals surface area contributed by atoms with Gasteiger partial charge in [0.2, 0.25) is 11.9 Å². The number of hydrazine groups is 1. The van der Waals surface area contributed by atoms with Crippen molar-refractivity contribution < 1.29 is 4.74 Å². The van der Waals surface area contributed by atoms with Gasteiger partial charge in [-0.25, -0.2) is 5.84 Å². The third kappa shape index (κ3) is 3.42. The van der Waals surface area contributed by atoms with Crippen molar-refractivity contribution in [1.82, 2.24) is 15.0 Å². The lowest BCUT2D eigenvalue weighted by atomic mass is 10.3. The van der Waals surface area contributed by atoms with Gasteiger partial charge in [-0.05, 0) is 12.3 Å². The SMILES string of the molecule is CN(C)c1nc(NN)nc(OCCC2CC2)n1. The van der Waals surface area contributed by atoms with Gasteiger partial charge in [-0.15, -0.1) is 0 Å². The van der Waals surface area contributed by atoms with E-state index in [9.17, 15) is 0 Å². The predicted octanol–water partition coefficient (Wildman–Crippen LogP) is 0.402. The lowest BCUT2D eigenvalue weighted by Crippen LogP contribution is -2.18. The molecule has 0 spiro atoms. The van der Waals surface area contributed by atoms with Crippen LogP contribution in [0, 0.1) is 5.92 Å². The molecule has 1 saturated carbocycles. The molecule has 0 amide bonds. The van der Waals surface area contributed by atoms with Gasteiger partial charge >= 0.3 is 6.01 Å². The number of nitrogens with one attached hydrogen (secondary N) is 1. The average molecular weight is 238 g/mol. The standard InChI is InChI=1S/C10H18N6O/c1-16(2)9-12-8(15-11)13-10(14-9)17-6-5-7-3-4-7/h7H,3-6,11H2,1-2H3,(H,12,13,14,15). The highest BCUT2D eigenvalue weighted by Crippen LogP contribution is 2.32. The second-order valence-corrected chi connectivity index (χ2v) is 4.36. The van der Waals surface area contributed by atoms with Crippen LogP contribution in [-0.2, 0) is 0 Å². The molecular weight excluding hydrogens is 220 g/mol. The number of nitrogen functional groups attached to an aromatic ring is 1. The van der Waals surface area contributed by atoms with Crippen molar-refractivity contribution in [1.29, 1.82) is 0 Å². The Balaban J connectivity index is 2.00. The minimum Gasteiger partial charge on any atom is -0.463 e. The lowest BCUT2D eigenvalue weighted by molar-refractivity contribution is 0.279. The highest BCUT2D eigenvalue weighted by atomic mass is 16.5. The molecule has 17 heavy (non-hydrogen) atoms. The van der Waals surface area contributed by atoms with Crippen LogP contribution in [-0.4, -0.2) is 35.7 Å². The molecule has 0 unspecified atom stereocenters. The summed E-state index contributed by atoms with van der Waals surface area (Å²) in [6.45, 7) is 0.644. The Kier molecular flexibility index (Phi) is 3.58. The molecule has 1 heterocycles. The number of aromatic nitrogens is 3. The molecule has 1 aromatic rings. The summed E-state index contributed by atoms with van der Waals surface area (Å²) in [5.74, 6) is 6.96. The van der Waals surface area contributed by atoms with Crippen LogP contribution in [0.3, 0.4) is 0 Å². The quantitative estimate of drug-likeness (QED) is 0.547. The molecule has 7 nitrogen and oxygen atoms in total. The Morgan fingerprint density at radius 2 is 2.12 bits per heavy atom. The molecule has 7 heteroatoms. The van der Waals surface area contributed by atoms with Crippen LogP contribution in [0.15, 0.2) is 0 Å². The van der Waals surface area contributed by atoms with E-state index in [4.69, 9.17) is 10.6 Å². The molecule has 1 aliphatic rings. The second-order valence-electron chi connectivity index (χ2n) is 4.36. The minimum atomic E-state index is 0.310. The van der Waals surface area contributed by atoms with Crippen LogP contribution < -0.4 is 20.9 Å². The molecule has 1 aliphatic carbocycles. The summed E-state index contributed by atoms with van der Waals surface area (Å²) >= 11 is 0. The van der Waals surface area contributed by atoms with Gasteiger partial charge in [0.05, 0.1) is 6.61 Å². The summed E-state index contributed by atoms with van der Waals surface area (Å²) in [5.41, 5.74) is 2.41. The van der Waals surface area contributed by atoms with Gasteiger partial charge in [0.1, 0.15) is 0 Å². The summed E-state index contributed by atoms with van der Waals surface area (Å²) in [5, 5.41) is 0. The highest BCUT2D eigenvalue weighted by molar-refractivity contribution is 5.35. The van der Waals surface area contributed by atoms with Gasteiger partial charge in [0.25, 0.3) is 0 Å². The highest BCUT2D eigenvalue weighted by Gasteiger charge is 2.21. The lowest BCUT2D eigenvalue weighted by Gasteiger charge is -2.12. The van der Waals surface area contributed by atoms with Crippen LogP contribution in [0.25, 0.3) is 0 Å². The summed E-state index contributed by atoms with van der Waals surface area (Å²) < 4.78 is 5.51. The number of anilines is 2. The Labute approximate surface area is 100 Å². The zero-order valence-corrected chi connectivity index (χ0v) is 10.2. The van der Waals surface area contributed by atoms with Crippen LogP contribution in [0.1, 0.15) is 19.3 Å². The van der Waals surface area contributed by atoms with Crippen molar-refractivity contribution in [2.24, 2.45) is 11.8 Å². The molecule has 0 bridgehead atoms. The van der Waals surface area contributed by atoms with Crippen LogP contribution in [0.2, 0.25) is 0 Å². The van der Waals surface area contributed by atoms with E-state index in [1.807, 2.05) is 14.1 Å². The molecule has 0 atom stereocenters. The monoisotopic (exact) mass is 238 g/mol. The maximum Gasteiger partial charge on any atom is 0.323 e. The number of ether oxygens (including phenoxy) is 1. The molecular formula is C10H18N6O. The molecule has 1 aromatic heterocycles. The van der Waals surface area contributed by atoms with E-state index in [0.717, 1.165) is 12.3 Å². The fraction of sp³-hybridized carbons (Fsp3) is 0.700. The Bertz CT molecular complexity index is 379. The topological polar surface area (TPSA) is 89.2 Å². The number of hydrogen-bond acceptors (Lipinski definition) is 7. The summed E-state index contributed by atoms with van der Waals surface area (Å²) in [4.78, 5) is 14.1. The first-order chi connectivity index (χ1) is 8.19. The maximum absolute atomic E-state index is 5.51. The fourth-order valence-electron chi connectivity index (χ4n) is 1.40. The summed E-state index contributed by atoms with van der Waals surface area (Å²) in [6.07, 6.45) is 3.70. The van der Waals surface area contributed by atoms with Gasteiger partial charge < -0.3 is 9.64 Å². The van der Waals surface area contributed by atoms with Crippen molar-refractivity contribution in [3.05, 3.63) is 0 Å². The molecule has 1 fully saturated rings. The van der Waals surface area contributed by atoms with Crippen molar-refractivity contribution >= 4 is 11.9 Å². The van der Waals surface area contributed by atoms with E-state index < -0.39 is 0 Å². The molecule has 0 radical (unpaired) electrons. The van der Waals surface area contributed by atoms with Gasteiger partial charge in [0, 0.05) is 14.1 Å². The Morgan fingerprint density at radius 3 is 2.71 bits per heavy atom. The molecule has 94 valence electrons. The molecule has 0 saturated heterocycles. The number of nitrogens with zero attached hydrogens (tertiary/aromatic N) is 4. The summed E-state index contributed by atoms with van der Waals surface area (Å²) in [7, 11) is 3.70. The van der Waals surface area contributed by atoms with Crippen LogP contribution >= 0.6 is 0 Å². The molecule has 2 rings (SSSR count). The van der Waals surface area contributed by atoms with E-state index in [2.05, 4.69) is 20.4 Å². The zero-order chi connectivity index (χ0) is 12.3. The first kappa shape index (κ1) is 11.8. The molecule has 3 N–H and O–H groups in total. The smallest absolute Gasteiger partial charge is 0.323 e. The second kappa shape index (κ2) is 5.13. The fourth-order valence-corrected chi connectivity index (χ4v) is 1.40. The molecule has 0 aliphatic heterocycles. The Hall–Kier alpha value is -1.63. The average Bonchev–Trinajstić information content (AvgIpc) is 3.12. The van der Waals surface area contributed by atoms with Gasteiger partial charge in [0.15, 0.2) is 0 Å². The van der Waals surface area contributed by atoms with E-state index in [1.54, 1.807) is 4.90 Å². The number of hydrogen-bond donors (Lipinski definition) is 2. The van der Waals surface area contributed by atoms with Crippen LogP contribution in [0.4, 0.5) is 11.9 Å². The van der Waals surface area contributed by atoms with E-state index in [-0.39, 0.29) is 0 Å². The van der Waals surface area contributed by atoms with E-state index in [1.165, 1.54) is 12.8 Å². The van der Waals surface area contributed by atoms with Gasteiger partial charge in [-0.2, -0.15) is 15.0 Å². The van der Waals surface area contributed by atoms with E-state index >= 15 is 0 Å². The molecule has 0 aromatic carbocycles. The van der Waals surface area contributed by atoms with Crippen molar-refractivity contribution in [3.8, 4) is 6.01 Å². The maximum atomic E-state index is 5.51. The van der Waals surface area contributed by atoms with Gasteiger partial charge in [-0.1, -0.05) is 12.8 Å². The summed E-state index contributed by atoms with van der Waals surface area (Å²) in [6, 6.07) is 0.317. The van der Waals surface area contributed by atoms with Gasteiger partial charge in [-0.3, -0.25) is 5.43 Å². The number of rotatable bonds is 6. The first-order valence-electron chi connectivity index (χ1n) is 5.72. The Morgan fingerprint density at radius 1 is 1.35 bits per heavy atom. The van der Waals surface area contributed by atoms with Crippen molar-refractivity contribution in [2.45, 2.75) is 19.3 Å². The predicted molar refractivity (Wildman–Crippen MR) is 64.8 cm³/mol. The van der Waals surface area contributed by atoms with Crippen LogP contribution in [0.5, 0.6) is 6.01 Å². The minimum absolute atomic E-state index is 0.310. The largest absolute Gasteiger partial charge is 0.463 e. The van der Waals surface area contributed by atoms with Crippen molar-refractivity contribution in [3.63, 3.8) is 0 Å². The third-order valence-electron chi connectivity index (χ3n) is 2.59. The zero-order valence-electron chi connectivity index (χ0n) is 10.2. The normalized spacial score (nSPS) is 14.5.